The first-order valence-electron chi connectivity index (χ1n) is 6.80. The molecule has 1 aliphatic heterocycles. The van der Waals surface area contributed by atoms with Crippen molar-refractivity contribution in [3.63, 3.8) is 0 Å². The summed E-state index contributed by atoms with van der Waals surface area (Å²) >= 11 is 1.64. The van der Waals surface area contributed by atoms with Crippen molar-refractivity contribution in [3.8, 4) is 0 Å². The minimum atomic E-state index is -0.284. The predicted molar refractivity (Wildman–Crippen MR) is 77.5 cm³/mol. The summed E-state index contributed by atoms with van der Waals surface area (Å²) in [7, 11) is 0. The number of carbonyl (C=O) groups excluding carboxylic acids is 2. The van der Waals surface area contributed by atoms with E-state index >= 15 is 0 Å². The lowest BCUT2D eigenvalue weighted by Gasteiger charge is -2.27. The monoisotopic (exact) mass is 296 g/mol. The van der Waals surface area contributed by atoms with E-state index in [4.69, 9.17) is 0 Å². The maximum Gasteiger partial charge on any atom is 0.324 e. The van der Waals surface area contributed by atoms with Crippen LogP contribution < -0.4 is 10.6 Å². The highest BCUT2D eigenvalue weighted by molar-refractivity contribution is 7.09. The fraction of sp³-hybridized carbons (Fsp3) is 0.615. The van der Waals surface area contributed by atoms with Gasteiger partial charge in [0.15, 0.2) is 0 Å². The molecule has 1 aromatic rings. The first kappa shape index (κ1) is 14.9. The van der Waals surface area contributed by atoms with Crippen molar-refractivity contribution in [2.45, 2.75) is 32.2 Å². The third kappa shape index (κ3) is 3.16. The van der Waals surface area contributed by atoms with E-state index in [1.165, 1.54) is 4.90 Å². The number of rotatable bonds is 7. The number of nitrogens with zero attached hydrogens (tertiary/aromatic N) is 2. The molecule has 2 rings (SSSR count). The second-order valence-corrected chi connectivity index (χ2v) is 5.90. The second-order valence-electron chi connectivity index (χ2n) is 5.01. The molecule has 0 aliphatic carbocycles. The van der Waals surface area contributed by atoms with Gasteiger partial charge in [0.05, 0.1) is 12.1 Å². The molecule has 0 aromatic carbocycles. The Kier molecular flexibility index (Phi) is 4.72. The second kappa shape index (κ2) is 6.32. The molecule has 0 unspecified atom stereocenters. The largest absolute Gasteiger partial charge is 0.329 e. The van der Waals surface area contributed by atoms with Crippen molar-refractivity contribution in [3.05, 3.63) is 16.6 Å². The summed E-state index contributed by atoms with van der Waals surface area (Å²) < 4.78 is 0. The molecule has 3 amide bonds. The molecule has 0 saturated carbocycles. The summed E-state index contributed by atoms with van der Waals surface area (Å²) in [6.07, 6.45) is 3.48. The zero-order valence-electron chi connectivity index (χ0n) is 11.8. The summed E-state index contributed by atoms with van der Waals surface area (Å²) in [6, 6.07) is -0.284. The van der Waals surface area contributed by atoms with Crippen LogP contribution in [-0.4, -0.2) is 41.5 Å². The highest BCUT2D eigenvalue weighted by Crippen LogP contribution is 2.25. The molecule has 0 spiro atoms. The van der Waals surface area contributed by atoms with E-state index in [1.54, 1.807) is 11.3 Å². The first-order chi connectivity index (χ1) is 9.57. The van der Waals surface area contributed by atoms with Crippen LogP contribution in [0, 0.1) is 0 Å². The van der Waals surface area contributed by atoms with Crippen LogP contribution >= 0.6 is 11.3 Å². The van der Waals surface area contributed by atoms with Gasteiger partial charge in [-0.15, -0.1) is 11.3 Å². The number of imide groups is 1. The first-order valence-corrected chi connectivity index (χ1v) is 7.68. The maximum atomic E-state index is 11.4. The lowest BCUT2D eigenvalue weighted by Crippen LogP contribution is -2.41. The van der Waals surface area contributed by atoms with Gasteiger partial charge in [-0.1, -0.05) is 6.92 Å². The number of nitrogens with one attached hydrogen (secondary N) is 2. The summed E-state index contributed by atoms with van der Waals surface area (Å²) in [5.41, 5.74) is -0.147. The molecule has 1 saturated heterocycles. The topological polar surface area (TPSA) is 74.3 Å². The minimum Gasteiger partial charge on any atom is -0.329 e. The van der Waals surface area contributed by atoms with Crippen LogP contribution in [0.5, 0.6) is 0 Å². The Morgan fingerprint density at radius 3 is 2.90 bits per heavy atom. The zero-order valence-corrected chi connectivity index (χ0v) is 12.6. The molecule has 1 aliphatic rings. The number of aromatic nitrogens is 1. The Morgan fingerprint density at radius 2 is 2.35 bits per heavy atom. The third-order valence-corrected chi connectivity index (χ3v) is 4.66. The SMILES string of the molecule is CC[C@](C)(NCCCN1C(=O)CNC1=O)c1nccs1. The predicted octanol–water partition coefficient (Wildman–Crippen LogP) is 1.30. The van der Waals surface area contributed by atoms with E-state index in [0.29, 0.717) is 6.54 Å². The average molecular weight is 296 g/mol. The van der Waals surface area contributed by atoms with Crippen LogP contribution in [0.15, 0.2) is 11.6 Å². The van der Waals surface area contributed by atoms with E-state index in [2.05, 4.69) is 29.5 Å². The van der Waals surface area contributed by atoms with Crippen LogP contribution in [0.2, 0.25) is 0 Å². The van der Waals surface area contributed by atoms with Crippen LogP contribution in [0.3, 0.4) is 0 Å². The molecule has 6 nitrogen and oxygen atoms in total. The molecule has 0 bridgehead atoms. The van der Waals surface area contributed by atoms with Gasteiger partial charge in [-0.25, -0.2) is 9.78 Å². The Hall–Kier alpha value is -1.47. The lowest BCUT2D eigenvalue weighted by molar-refractivity contribution is -0.125. The molecule has 1 fully saturated rings. The van der Waals surface area contributed by atoms with E-state index in [1.807, 2.05) is 11.6 Å². The average Bonchev–Trinajstić information content (AvgIpc) is 3.07. The molecule has 20 heavy (non-hydrogen) atoms. The summed E-state index contributed by atoms with van der Waals surface area (Å²) in [4.78, 5) is 28.5. The van der Waals surface area contributed by atoms with Crippen molar-refractivity contribution in [2.75, 3.05) is 19.6 Å². The number of thiazole rings is 1. The van der Waals surface area contributed by atoms with Crippen molar-refractivity contribution in [1.82, 2.24) is 20.5 Å². The molecular weight excluding hydrogens is 276 g/mol. The lowest BCUT2D eigenvalue weighted by atomic mass is 10.00. The Bertz CT molecular complexity index is 461. The molecule has 110 valence electrons. The van der Waals surface area contributed by atoms with Crippen LogP contribution in [0.4, 0.5) is 4.79 Å². The third-order valence-electron chi connectivity index (χ3n) is 3.62. The highest BCUT2D eigenvalue weighted by atomic mass is 32.1. The molecule has 0 radical (unpaired) electrons. The van der Waals surface area contributed by atoms with Crippen molar-refractivity contribution < 1.29 is 9.59 Å². The zero-order chi connectivity index (χ0) is 14.6. The van der Waals surface area contributed by atoms with E-state index in [-0.39, 0.29) is 24.0 Å². The Balaban J connectivity index is 1.80. The molecule has 2 heterocycles. The summed E-state index contributed by atoms with van der Waals surface area (Å²) in [5.74, 6) is -0.145. The minimum absolute atomic E-state index is 0.123. The molecular formula is C13H20N4O2S. The van der Waals surface area contributed by atoms with Gasteiger partial charge in [-0.05, 0) is 26.3 Å². The van der Waals surface area contributed by atoms with Gasteiger partial charge in [0.25, 0.3) is 0 Å². The number of urea groups is 1. The number of hydrogen-bond donors (Lipinski definition) is 2. The summed E-state index contributed by atoms with van der Waals surface area (Å²) in [5, 5.41) is 9.03. The van der Waals surface area contributed by atoms with Gasteiger partial charge in [0.2, 0.25) is 5.91 Å². The van der Waals surface area contributed by atoms with Gasteiger partial charge in [0.1, 0.15) is 5.01 Å². The standard InChI is InChI=1S/C13H20N4O2S/c1-3-13(2,11-14-6-8-20-11)16-5-4-7-17-10(18)9-15-12(17)19/h6,8,16H,3-5,7,9H2,1-2H3,(H,15,19)/t13-/m0/s1. The van der Waals surface area contributed by atoms with E-state index < -0.39 is 0 Å². The van der Waals surface area contributed by atoms with Gasteiger partial charge in [-0.2, -0.15) is 0 Å². The Morgan fingerprint density at radius 1 is 1.55 bits per heavy atom. The van der Waals surface area contributed by atoms with Crippen molar-refractivity contribution in [1.29, 1.82) is 0 Å². The van der Waals surface area contributed by atoms with Gasteiger partial charge in [-0.3, -0.25) is 9.69 Å². The highest BCUT2D eigenvalue weighted by Gasteiger charge is 2.29. The molecule has 7 heteroatoms. The maximum absolute atomic E-state index is 11.4. The molecule has 1 aromatic heterocycles. The normalized spacial score (nSPS) is 18.2. The Labute approximate surface area is 122 Å². The number of amides is 3. The van der Waals surface area contributed by atoms with Crippen molar-refractivity contribution in [2.24, 2.45) is 0 Å². The summed E-state index contributed by atoms with van der Waals surface area (Å²) in [6.45, 7) is 5.56. The van der Waals surface area contributed by atoms with E-state index in [0.717, 1.165) is 24.4 Å². The van der Waals surface area contributed by atoms with Crippen LogP contribution in [0.1, 0.15) is 31.7 Å². The van der Waals surface area contributed by atoms with Crippen LogP contribution in [-0.2, 0) is 10.3 Å². The molecule has 1 atom stereocenters. The van der Waals surface area contributed by atoms with E-state index in [9.17, 15) is 9.59 Å². The van der Waals surface area contributed by atoms with Crippen molar-refractivity contribution >= 4 is 23.3 Å². The van der Waals surface area contributed by atoms with Gasteiger partial charge < -0.3 is 10.6 Å². The number of carbonyl (C=O) groups is 2. The van der Waals surface area contributed by atoms with Gasteiger partial charge in [0, 0.05) is 18.1 Å². The quantitative estimate of drug-likeness (QED) is 0.587. The fourth-order valence-corrected chi connectivity index (χ4v) is 2.98. The van der Waals surface area contributed by atoms with Crippen LogP contribution in [0.25, 0.3) is 0 Å². The fourth-order valence-electron chi connectivity index (χ4n) is 2.13. The smallest absolute Gasteiger partial charge is 0.324 e. The van der Waals surface area contributed by atoms with Gasteiger partial charge >= 0.3 is 6.03 Å². The number of hydrogen-bond acceptors (Lipinski definition) is 5. The molecule has 2 N–H and O–H groups in total.